The van der Waals surface area contributed by atoms with Crippen LogP contribution in [0.2, 0.25) is 0 Å². The van der Waals surface area contributed by atoms with Crippen LogP contribution in [0.4, 0.5) is 13.9 Å². The van der Waals surface area contributed by atoms with Crippen LogP contribution in [-0.2, 0) is 11.3 Å². The van der Waals surface area contributed by atoms with E-state index in [1.165, 1.54) is 7.11 Å². The van der Waals surface area contributed by atoms with Crippen LogP contribution in [0.5, 0.6) is 0 Å². The molecule has 1 aromatic heterocycles. The minimum atomic E-state index is -0.506. The Labute approximate surface area is 118 Å². The Morgan fingerprint density at radius 1 is 1.45 bits per heavy atom. The van der Waals surface area contributed by atoms with Crippen molar-refractivity contribution >= 4 is 22.4 Å². The molecule has 1 N–H and O–H groups in total. The van der Waals surface area contributed by atoms with E-state index < -0.39 is 17.6 Å². The normalized spacial score (nSPS) is 10.4. The number of esters is 1. The molecule has 0 saturated carbocycles. The van der Waals surface area contributed by atoms with Crippen molar-refractivity contribution in [2.45, 2.75) is 13.5 Å². The first-order chi connectivity index (χ1) is 9.51. The van der Waals surface area contributed by atoms with Gasteiger partial charge in [0.2, 0.25) is 0 Å². The fourth-order valence-electron chi connectivity index (χ4n) is 1.60. The molecular weight excluding hydrogens is 286 g/mol. The van der Waals surface area contributed by atoms with E-state index in [2.05, 4.69) is 15.0 Å². The SMILES string of the molecule is COC(=O)c1sc(NCc2cc(F)ccc2F)nc1C. The van der Waals surface area contributed by atoms with E-state index >= 15 is 0 Å². The number of nitrogens with one attached hydrogen (secondary N) is 1. The van der Waals surface area contributed by atoms with Crippen molar-refractivity contribution in [1.29, 1.82) is 0 Å². The zero-order chi connectivity index (χ0) is 14.7. The van der Waals surface area contributed by atoms with Gasteiger partial charge in [-0.1, -0.05) is 11.3 Å². The van der Waals surface area contributed by atoms with Crippen molar-refractivity contribution < 1.29 is 18.3 Å². The summed E-state index contributed by atoms with van der Waals surface area (Å²) in [6.07, 6.45) is 0. The van der Waals surface area contributed by atoms with Crippen LogP contribution < -0.4 is 5.32 Å². The second kappa shape index (κ2) is 5.96. The van der Waals surface area contributed by atoms with Crippen LogP contribution in [0.25, 0.3) is 0 Å². The molecule has 2 rings (SSSR count). The Bertz CT molecular complexity index is 643. The van der Waals surface area contributed by atoms with Crippen LogP contribution in [0.15, 0.2) is 18.2 Å². The first-order valence-corrected chi connectivity index (χ1v) is 6.56. The van der Waals surface area contributed by atoms with Gasteiger partial charge in [0.05, 0.1) is 12.8 Å². The molecule has 0 unspecified atom stereocenters. The molecule has 0 fully saturated rings. The number of benzene rings is 1. The van der Waals surface area contributed by atoms with Gasteiger partial charge >= 0.3 is 5.97 Å². The van der Waals surface area contributed by atoms with Gasteiger partial charge in [0.25, 0.3) is 0 Å². The van der Waals surface area contributed by atoms with E-state index in [9.17, 15) is 13.6 Å². The maximum Gasteiger partial charge on any atom is 0.350 e. The standard InChI is InChI=1S/C13H12F2N2O2S/c1-7-11(12(18)19-2)20-13(17-7)16-6-8-5-9(14)3-4-10(8)15/h3-5H,6H2,1-2H3,(H,16,17). The number of nitrogens with zero attached hydrogens (tertiary/aromatic N) is 1. The molecule has 106 valence electrons. The Morgan fingerprint density at radius 3 is 2.90 bits per heavy atom. The lowest BCUT2D eigenvalue weighted by Crippen LogP contribution is -2.02. The van der Waals surface area contributed by atoms with Crippen LogP contribution in [0.3, 0.4) is 0 Å². The molecular formula is C13H12F2N2O2S. The van der Waals surface area contributed by atoms with Gasteiger partial charge in [-0.25, -0.2) is 18.6 Å². The highest BCUT2D eigenvalue weighted by atomic mass is 32.1. The van der Waals surface area contributed by atoms with Gasteiger partial charge in [-0.3, -0.25) is 0 Å². The number of anilines is 1. The third-order valence-electron chi connectivity index (χ3n) is 2.61. The van der Waals surface area contributed by atoms with Gasteiger partial charge in [-0.15, -0.1) is 0 Å². The molecule has 0 aliphatic heterocycles. The number of rotatable bonds is 4. The summed E-state index contributed by atoms with van der Waals surface area (Å²) in [6.45, 7) is 1.76. The van der Waals surface area contributed by atoms with Gasteiger partial charge < -0.3 is 10.1 Å². The summed E-state index contributed by atoms with van der Waals surface area (Å²) in [5.74, 6) is -1.47. The number of aryl methyl sites for hydroxylation is 1. The maximum absolute atomic E-state index is 13.4. The zero-order valence-corrected chi connectivity index (χ0v) is 11.7. The zero-order valence-electron chi connectivity index (χ0n) is 10.9. The fourth-order valence-corrected chi connectivity index (χ4v) is 2.48. The Balaban J connectivity index is 2.11. The second-order valence-corrected chi connectivity index (χ2v) is 5.01. The van der Waals surface area contributed by atoms with E-state index in [0.717, 1.165) is 29.5 Å². The van der Waals surface area contributed by atoms with Gasteiger partial charge in [0.1, 0.15) is 16.5 Å². The number of thiazole rings is 1. The lowest BCUT2D eigenvalue weighted by molar-refractivity contribution is 0.0605. The number of methoxy groups -OCH3 is 1. The van der Waals surface area contributed by atoms with E-state index in [1.807, 2.05) is 0 Å². The first kappa shape index (κ1) is 14.4. The molecule has 4 nitrogen and oxygen atoms in total. The van der Waals surface area contributed by atoms with Crippen molar-refractivity contribution in [3.63, 3.8) is 0 Å². The van der Waals surface area contributed by atoms with Crippen molar-refractivity contribution in [2.24, 2.45) is 0 Å². The third-order valence-corrected chi connectivity index (χ3v) is 3.70. The van der Waals surface area contributed by atoms with Crippen molar-refractivity contribution in [1.82, 2.24) is 4.98 Å². The molecule has 0 aliphatic rings. The summed E-state index contributed by atoms with van der Waals surface area (Å²) in [4.78, 5) is 16.0. The molecule has 2 aromatic rings. The van der Waals surface area contributed by atoms with Gasteiger partial charge in [0.15, 0.2) is 5.13 Å². The van der Waals surface area contributed by atoms with Crippen molar-refractivity contribution in [2.75, 3.05) is 12.4 Å². The Morgan fingerprint density at radius 2 is 2.20 bits per heavy atom. The molecule has 7 heteroatoms. The minimum Gasteiger partial charge on any atom is -0.465 e. The molecule has 1 aromatic carbocycles. The van der Waals surface area contributed by atoms with E-state index in [1.54, 1.807) is 6.92 Å². The molecule has 0 atom stereocenters. The summed E-state index contributed by atoms with van der Waals surface area (Å²) in [5, 5.41) is 3.31. The van der Waals surface area contributed by atoms with Gasteiger partial charge in [-0.2, -0.15) is 0 Å². The number of carbonyl (C=O) groups is 1. The molecule has 0 spiro atoms. The summed E-state index contributed by atoms with van der Waals surface area (Å²) < 4.78 is 31.1. The topological polar surface area (TPSA) is 51.2 Å². The number of aromatic nitrogens is 1. The number of halogens is 2. The van der Waals surface area contributed by atoms with E-state index in [0.29, 0.717) is 15.7 Å². The van der Waals surface area contributed by atoms with Crippen LogP contribution in [0.1, 0.15) is 20.9 Å². The van der Waals surface area contributed by atoms with Gasteiger partial charge in [-0.05, 0) is 25.1 Å². The number of hydrogen-bond acceptors (Lipinski definition) is 5. The van der Waals surface area contributed by atoms with Crippen molar-refractivity contribution in [3.05, 3.63) is 46.0 Å². The average Bonchev–Trinajstić information content (AvgIpc) is 2.80. The quantitative estimate of drug-likeness (QED) is 0.881. The third kappa shape index (κ3) is 3.11. The molecule has 0 amide bonds. The van der Waals surface area contributed by atoms with Crippen LogP contribution >= 0.6 is 11.3 Å². The predicted molar refractivity (Wildman–Crippen MR) is 71.9 cm³/mol. The molecule has 1 heterocycles. The Kier molecular flexibility index (Phi) is 4.29. The highest BCUT2D eigenvalue weighted by Crippen LogP contribution is 2.24. The molecule has 0 saturated heterocycles. The average molecular weight is 298 g/mol. The predicted octanol–water partition coefficient (Wildman–Crippen LogP) is 3.13. The number of hydrogen-bond donors (Lipinski definition) is 1. The van der Waals surface area contributed by atoms with Crippen LogP contribution in [0, 0.1) is 18.6 Å². The largest absolute Gasteiger partial charge is 0.465 e. The van der Waals surface area contributed by atoms with Crippen molar-refractivity contribution in [3.8, 4) is 0 Å². The first-order valence-electron chi connectivity index (χ1n) is 5.75. The molecule has 0 aliphatic carbocycles. The lowest BCUT2D eigenvalue weighted by Gasteiger charge is -2.04. The highest BCUT2D eigenvalue weighted by molar-refractivity contribution is 7.17. The van der Waals surface area contributed by atoms with E-state index in [-0.39, 0.29) is 12.1 Å². The Hall–Kier alpha value is -2.02. The summed E-state index contributed by atoms with van der Waals surface area (Å²) in [7, 11) is 1.29. The van der Waals surface area contributed by atoms with Gasteiger partial charge in [0, 0.05) is 12.1 Å². The molecule has 20 heavy (non-hydrogen) atoms. The smallest absolute Gasteiger partial charge is 0.350 e. The minimum absolute atomic E-state index is 0.0805. The summed E-state index contributed by atoms with van der Waals surface area (Å²) >= 11 is 1.11. The monoisotopic (exact) mass is 298 g/mol. The number of ether oxygens (including phenoxy) is 1. The summed E-state index contributed by atoms with van der Waals surface area (Å²) in [6, 6.07) is 3.24. The highest BCUT2D eigenvalue weighted by Gasteiger charge is 2.15. The maximum atomic E-state index is 13.4. The number of carbonyl (C=O) groups excluding carboxylic acids is 1. The molecule has 0 bridgehead atoms. The van der Waals surface area contributed by atoms with Crippen LogP contribution in [-0.4, -0.2) is 18.1 Å². The fraction of sp³-hybridized carbons (Fsp3) is 0.231. The second-order valence-electron chi connectivity index (χ2n) is 4.01. The lowest BCUT2D eigenvalue weighted by atomic mass is 10.2. The van der Waals surface area contributed by atoms with E-state index in [4.69, 9.17) is 0 Å². The molecule has 0 radical (unpaired) electrons. The summed E-state index contributed by atoms with van der Waals surface area (Å²) in [5.41, 5.74) is 0.724.